The molecule has 0 bridgehead atoms. The van der Waals surface area contributed by atoms with Gasteiger partial charge in [-0.05, 0) is 51.5 Å². The molecule has 1 N–H and O–H groups in total. The third-order valence-corrected chi connectivity index (χ3v) is 5.18. The molecule has 0 saturated carbocycles. The van der Waals surface area contributed by atoms with E-state index in [1.807, 2.05) is 74.7 Å². The van der Waals surface area contributed by atoms with Crippen molar-refractivity contribution in [2.24, 2.45) is 0 Å². The van der Waals surface area contributed by atoms with Crippen LogP contribution in [0.3, 0.4) is 0 Å². The Balaban J connectivity index is 1.85. The number of likely N-dealkylation sites (N-methyl/N-ethyl adjacent to an activating group) is 1. The Hall–Kier alpha value is -3.15. The topological polar surface area (TPSA) is 67.2 Å². The first kappa shape index (κ1) is 20.6. The van der Waals surface area contributed by atoms with Crippen LogP contribution in [0.4, 0.5) is 0 Å². The zero-order chi connectivity index (χ0) is 21.0. The molecule has 0 aliphatic heterocycles. The minimum Gasteiger partial charge on any atom is -0.345 e. The van der Waals surface area contributed by atoms with Gasteiger partial charge in [-0.25, -0.2) is 4.98 Å². The quantitative estimate of drug-likeness (QED) is 0.670. The molecule has 0 fully saturated rings. The van der Waals surface area contributed by atoms with E-state index in [9.17, 15) is 9.59 Å². The number of rotatable bonds is 7. The molecule has 6 heteroatoms. The lowest BCUT2D eigenvalue weighted by Gasteiger charge is -2.20. The van der Waals surface area contributed by atoms with Crippen LogP contribution in [0.2, 0.25) is 0 Å². The highest BCUT2D eigenvalue weighted by Crippen LogP contribution is 2.17. The predicted octanol–water partition coefficient (Wildman–Crippen LogP) is 3.45. The number of benzene rings is 2. The molecule has 0 aliphatic rings. The molecule has 0 unspecified atom stereocenters. The number of imidazole rings is 1. The minimum atomic E-state index is -0.142. The molecular weight excluding hydrogens is 364 g/mol. The van der Waals surface area contributed by atoms with Crippen molar-refractivity contribution in [3.05, 3.63) is 65.0 Å². The normalized spacial score (nSPS) is 10.9. The Morgan fingerprint density at radius 3 is 2.48 bits per heavy atom. The second-order valence-electron chi connectivity index (χ2n) is 7.17. The molecule has 1 aromatic heterocycles. The van der Waals surface area contributed by atoms with Gasteiger partial charge in [-0.1, -0.05) is 29.8 Å². The summed E-state index contributed by atoms with van der Waals surface area (Å²) in [5.41, 5.74) is 4.42. The lowest BCUT2D eigenvalue weighted by atomic mass is 10.1. The van der Waals surface area contributed by atoms with Gasteiger partial charge in [-0.2, -0.15) is 0 Å². The first-order valence-electron chi connectivity index (χ1n) is 10.0. The lowest BCUT2D eigenvalue weighted by Crippen LogP contribution is -2.34. The summed E-state index contributed by atoms with van der Waals surface area (Å²) < 4.78 is 1.90. The van der Waals surface area contributed by atoms with Crippen molar-refractivity contribution >= 4 is 22.8 Å². The molecule has 0 atom stereocenters. The molecule has 6 nitrogen and oxygen atoms in total. The van der Waals surface area contributed by atoms with E-state index in [4.69, 9.17) is 0 Å². The fraction of sp³-hybridized carbons (Fsp3) is 0.348. The number of nitrogens with zero attached hydrogens (tertiary/aromatic N) is 3. The van der Waals surface area contributed by atoms with E-state index in [-0.39, 0.29) is 24.9 Å². The van der Waals surface area contributed by atoms with Crippen molar-refractivity contribution in [2.45, 2.75) is 40.8 Å². The number of fused-ring (bicyclic) bond motifs is 1. The fourth-order valence-corrected chi connectivity index (χ4v) is 3.57. The molecule has 0 aliphatic carbocycles. The second kappa shape index (κ2) is 8.90. The van der Waals surface area contributed by atoms with E-state index in [1.54, 1.807) is 4.90 Å². The van der Waals surface area contributed by atoms with Crippen molar-refractivity contribution in [1.29, 1.82) is 0 Å². The number of para-hydroxylation sites is 2. The maximum absolute atomic E-state index is 12.7. The van der Waals surface area contributed by atoms with Crippen molar-refractivity contribution in [3.8, 4) is 0 Å². The number of nitrogens with one attached hydrogen (secondary N) is 1. The molecule has 2 amide bonds. The molecule has 2 aromatic carbocycles. The van der Waals surface area contributed by atoms with Crippen LogP contribution in [0.15, 0.2) is 42.5 Å². The van der Waals surface area contributed by atoms with E-state index < -0.39 is 0 Å². The Bertz CT molecular complexity index is 1030. The molecule has 3 aromatic rings. The van der Waals surface area contributed by atoms with Crippen molar-refractivity contribution < 1.29 is 9.59 Å². The highest BCUT2D eigenvalue weighted by atomic mass is 16.2. The standard InChI is InChI=1S/C23H28N4O2/c1-5-26(6-2)22(28)15-27-20-10-8-7-9-19(20)25-21(27)14-24-23(29)18-12-11-16(3)13-17(18)4/h7-13H,5-6,14-15H2,1-4H3,(H,24,29). The number of hydrogen-bond acceptors (Lipinski definition) is 3. The predicted molar refractivity (Wildman–Crippen MR) is 115 cm³/mol. The monoisotopic (exact) mass is 392 g/mol. The molecule has 0 radical (unpaired) electrons. The smallest absolute Gasteiger partial charge is 0.251 e. The number of carbonyl (C=O) groups excluding carboxylic acids is 2. The summed E-state index contributed by atoms with van der Waals surface area (Å²) in [4.78, 5) is 31.8. The van der Waals surface area contributed by atoms with E-state index in [2.05, 4.69) is 10.3 Å². The summed E-state index contributed by atoms with van der Waals surface area (Å²) >= 11 is 0. The van der Waals surface area contributed by atoms with Gasteiger partial charge in [-0.15, -0.1) is 0 Å². The summed E-state index contributed by atoms with van der Waals surface area (Å²) in [6, 6.07) is 13.5. The molecule has 1 heterocycles. The van der Waals surface area contributed by atoms with Gasteiger partial charge in [0.1, 0.15) is 12.4 Å². The molecule has 0 saturated heterocycles. The van der Waals surface area contributed by atoms with Gasteiger partial charge in [-0.3, -0.25) is 9.59 Å². The third kappa shape index (κ3) is 4.47. The van der Waals surface area contributed by atoms with Crippen molar-refractivity contribution in [1.82, 2.24) is 19.8 Å². The summed E-state index contributed by atoms with van der Waals surface area (Å²) in [5, 5.41) is 2.96. The number of hydrogen-bond donors (Lipinski definition) is 1. The van der Waals surface area contributed by atoms with Crippen LogP contribution in [0, 0.1) is 13.8 Å². The maximum atomic E-state index is 12.7. The van der Waals surface area contributed by atoms with Crippen LogP contribution >= 0.6 is 0 Å². The Labute approximate surface area is 171 Å². The summed E-state index contributed by atoms with van der Waals surface area (Å²) in [6.07, 6.45) is 0. The van der Waals surface area contributed by atoms with Gasteiger partial charge in [0.25, 0.3) is 5.91 Å². The highest BCUT2D eigenvalue weighted by Gasteiger charge is 2.17. The van der Waals surface area contributed by atoms with Crippen LogP contribution in [-0.2, 0) is 17.9 Å². The average molecular weight is 393 g/mol. The van der Waals surface area contributed by atoms with Crippen LogP contribution in [0.1, 0.15) is 41.2 Å². The second-order valence-corrected chi connectivity index (χ2v) is 7.17. The third-order valence-electron chi connectivity index (χ3n) is 5.18. The van der Waals surface area contributed by atoms with E-state index >= 15 is 0 Å². The molecule has 3 rings (SSSR count). The fourth-order valence-electron chi connectivity index (χ4n) is 3.57. The molecule has 152 valence electrons. The van der Waals surface area contributed by atoms with Crippen LogP contribution < -0.4 is 5.32 Å². The van der Waals surface area contributed by atoms with Crippen molar-refractivity contribution in [2.75, 3.05) is 13.1 Å². The Kier molecular flexibility index (Phi) is 6.32. The first-order valence-corrected chi connectivity index (χ1v) is 10.0. The highest BCUT2D eigenvalue weighted by molar-refractivity contribution is 5.95. The van der Waals surface area contributed by atoms with Crippen molar-refractivity contribution in [3.63, 3.8) is 0 Å². The molecule has 0 spiro atoms. The minimum absolute atomic E-state index is 0.0418. The number of aryl methyl sites for hydroxylation is 2. The van der Waals surface area contributed by atoms with Gasteiger partial charge in [0.05, 0.1) is 17.6 Å². The van der Waals surface area contributed by atoms with E-state index in [1.165, 1.54) is 0 Å². The molecular formula is C23H28N4O2. The van der Waals surface area contributed by atoms with E-state index in [0.29, 0.717) is 24.5 Å². The summed E-state index contributed by atoms with van der Waals surface area (Å²) in [7, 11) is 0. The molecule has 29 heavy (non-hydrogen) atoms. The van der Waals surface area contributed by atoms with E-state index in [0.717, 1.165) is 22.2 Å². The van der Waals surface area contributed by atoms with Crippen LogP contribution in [0.5, 0.6) is 0 Å². The largest absolute Gasteiger partial charge is 0.345 e. The SMILES string of the molecule is CCN(CC)C(=O)Cn1c(CNC(=O)c2ccc(C)cc2C)nc2ccccc21. The number of carbonyl (C=O) groups is 2. The van der Waals surface area contributed by atoms with Gasteiger partial charge in [0.2, 0.25) is 5.91 Å². The van der Waals surface area contributed by atoms with Gasteiger partial charge in [0.15, 0.2) is 0 Å². The van der Waals surface area contributed by atoms with Crippen LogP contribution in [0.25, 0.3) is 11.0 Å². The van der Waals surface area contributed by atoms with Gasteiger partial charge >= 0.3 is 0 Å². The van der Waals surface area contributed by atoms with Gasteiger partial charge < -0.3 is 14.8 Å². The summed E-state index contributed by atoms with van der Waals surface area (Å²) in [6.45, 7) is 9.67. The van der Waals surface area contributed by atoms with Crippen LogP contribution in [-0.4, -0.2) is 39.4 Å². The number of amides is 2. The summed E-state index contributed by atoms with van der Waals surface area (Å²) in [5.74, 6) is 0.570. The van der Waals surface area contributed by atoms with Gasteiger partial charge in [0, 0.05) is 18.7 Å². The average Bonchev–Trinajstić information content (AvgIpc) is 3.04. The lowest BCUT2D eigenvalue weighted by molar-refractivity contribution is -0.131. The zero-order valence-corrected chi connectivity index (χ0v) is 17.5. The number of aromatic nitrogens is 2. The Morgan fingerprint density at radius 2 is 1.79 bits per heavy atom. The first-order chi connectivity index (χ1) is 13.9. The Morgan fingerprint density at radius 1 is 1.07 bits per heavy atom. The zero-order valence-electron chi connectivity index (χ0n) is 17.5. The maximum Gasteiger partial charge on any atom is 0.251 e.